The Morgan fingerprint density at radius 1 is 1.27 bits per heavy atom. The van der Waals surface area contributed by atoms with Gasteiger partial charge in [-0.15, -0.1) is 0 Å². The van der Waals surface area contributed by atoms with Crippen LogP contribution in [0.1, 0.15) is 22.8 Å². The third-order valence-corrected chi connectivity index (χ3v) is 2.61. The van der Waals surface area contributed by atoms with Gasteiger partial charge in [-0.2, -0.15) is 0 Å². The van der Waals surface area contributed by atoms with Crippen molar-refractivity contribution in [1.82, 2.24) is 0 Å². The van der Waals surface area contributed by atoms with Gasteiger partial charge >= 0.3 is 0 Å². The van der Waals surface area contributed by atoms with Crippen LogP contribution in [0.4, 0.5) is 4.39 Å². The number of carbonyl (C=O) groups excluding carboxylic acids is 1. The van der Waals surface area contributed by atoms with Crippen LogP contribution in [-0.2, 0) is 6.42 Å². The SMILES string of the molecule is CCc1ccc2ccc(F)cc2c1C=O. The first-order valence-corrected chi connectivity index (χ1v) is 4.92. The minimum Gasteiger partial charge on any atom is -0.298 e. The summed E-state index contributed by atoms with van der Waals surface area (Å²) >= 11 is 0. The molecule has 2 heteroatoms. The maximum Gasteiger partial charge on any atom is 0.150 e. The molecule has 0 saturated carbocycles. The largest absolute Gasteiger partial charge is 0.298 e. The van der Waals surface area contributed by atoms with Crippen LogP contribution in [0.25, 0.3) is 10.8 Å². The highest BCUT2D eigenvalue weighted by Crippen LogP contribution is 2.22. The average Bonchev–Trinajstić information content (AvgIpc) is 2.27. The molecule has 0 N–H and O–H groups in total. The van der Waals surface area contributed by atoms with Crippen LogP contribution in [0.2, 0.25) is 0 Å². The van der Waals surface area contributed by atoms with E-state index < -0.39 is 0 Å². The van der Waals surface area contributed by atoms with Gasteiger partial charge < -0.3 is 0 Å². The molecule has 0 atom stereocenters. The Hall–Kier alpha value is -1.70. The topological polar surface area (TPSA) is 17.1 Å². The molecule has 0 aliphatic heterocycles. The molecule has 0 bridgehead atoms. The van der Waals surface area contributed by atoms with Crippen LogP contribution in [0.15, 0.2) is 30.3 Å². The molecule has 0 unspecified atom stereocenters. The minimum absolute atomic E-state index is 0.307. The van der Waals surface area contributed by atoms with Crippen molar-refractivity contribution in [2.75, 3.05) is 0 Å². The van der Waals surface area contributed by atoms with Gasteiger partial charge in [0.15, 0.2) is 6.29 Å². The van der Waals surface area contributed by atoms with Crippen molar-refractivity contribution >= 4 is 17.1 Å². The molecule has 0 saturated heterocycles. The number of hydrogen-bond donors (Lipinski definition) is 0. The number of benzene rings is 2. The van der Waals surface area contributed by atoms with Crippen molar-refractivity contribution in [1.29, 1.82) is 0 Å². The van der Waals surface area contributed by atoms with E-state index in [0.29, 0.717) is 10.9 Å². The van der Waals surface area contributed by atoms with Crippen molar-refractivity contribution in [3.63, 3.8) is 0 Å². The smallest absolute Gasteiger partial charge is 0.150 e. The van der Waals surface area contributed by atoms with E-state index in [4.69, 9.17) is 0 Å². The Bertz CT molecular complexity index is 517. The molecular formula is C13H11FO. The minimum atomic E-state index is -0.307. The van der Waals surface area contributed by atoms with Crippen molar-refractivity contribution < 1.29 is 9.18 Å². The first kappa shape index (κ1) is 9.84. The van der Waals surface area contributed by atoms with Crippen molar-refractivity contribution in [2.45, 2.75) is 13.3 Å². The highest BCUT2D eigenvalue weighted by molar-refractivity contribution is 5.99. The Kier molecular flexibility index (Phi) is 2.50. The number of hydrogen-bond acceptors (Lipinski definition) is 1. The van der Waals surface area contributed by atoms with Crippen LogP contribution >= 0.6 is 0 Å². The van der Waals surface area contributed by atoms with Crippen molar-refractivity contribution in [2.24, 2.45) is 0 Å². The summed E-state index contributed by atoms with van der Waals surface area (Å²) in [6.45, 7) is 1.98. The molecular weight excluding hydrogens is 191 g/mol. The maximum atomic E-state index is 13.1. The summed E-state index contributed by atoms with van der Waals surface area (Å²) in [7, 11) is 0. The summed E-state index contributed by atoms with van der Waals surface area (Å²) in [6.07, 6.45) is 1.58. The van der Waals surface area contributed by atoms with E-state index in [0.717, 1.165) is 23.7 Å². The second-order valence-corrected chi connectivity index (χ2v) is 3.48. The molecule has 2 aromatic rings. The predicted octanol–water partition coefficient (Wildman–Crippen LogP) is 3.35. The lowest BCUT2D eigenvalue weighted by Gasteiger charge is -2.06. The van der Waals surface area contributed by atoms with E-state index in [1.807, 2.05) is 19.1 Å². The molecule has 2 rings (SSSR count). The lowest BCUT2D eigenvalue weighted by molar-refractivity contribution is 0.112. The van der Waals surface area contributed by atoms with Gasteiger partial charge in [-0.05, 0) is 34.9 Å². The van der Waals surface area contributed by atoms with Crippen molar-refractivity contribution in [3.05, 3.63) is 47.3 Å². The van der Waals surface area contributed by atoms with Gasteiger partial charge in [-0.1, -0.05) is 25.1 Å². The first-order valence-electron chi connectivity index (χ1n) is 4.92. The second kappa shape index (κ2) is 3.81. The molecule has 76 valence electrons. The van der Waals surface area contributed by atoms with Crippen LogP contribution in [-0.4, -0.2) is 6.29 Å². The van der Waals surface area contributed by atoms with Crippen LogP contribution in [0.3, 0.4) is 0 Å². The molecule has 0 amide bonds. The Balaban J connectivity index is 2.84. The Morgan fingerprint density at radius 3 is 2.67 bits per heavy atom. The first-order chi connectivity index (χ1) is 7.26. The summed E-state index contributed by atoms with van der Waals surface area (Å²) in [4.78, 5) is 11.0. The molecule has 0 aliphatic rings. The lowest BCUT2D eigenvalue weighted by atomic mass is 9.98. The van der Waals surface area contributed by atoms with Gasteiger partial charge in [-0.3, -0.25) is 4.79 Å². The molecule has 0 fully saturated rings. The number of aryl methyl sites for hydroxylation is 1. The van der Waals surface area contributed by atoms with Crippen LogP contribution in [0, 0.1) is 5.82 Å². The Labute approximate surface area is 87.5 Å². The number of carbonyl (C=O) groups is 1. The fraction of sp³-hybridized carbons (Fsp3) is 0.154. The summed E-state index contributed by atoms with van der Waals surface area (Å²) in [5.74, 6) is -0.307. The van der Waals surface area contributed by atoms with Gasteiger partial charge in [0.05, 0.1) is 0 Å². The molecule has 0 aromatic heterocycles. The average molecular weight is 202 g/mol. The molecule has 0 aliphatic carbocycles. The molecule has 0 radical (unpaired) electrons. The standard InChI is InChI=1S/C13H11FO/c1-2-9-3-4-10-5-6-11(14)7-12(10)13(9)8-15/h3-8H,2H2,1H3. The maximum absolute atomic E-state index is 13.1. The number of rotatable bonds is 2. The predicted molar refractivity (Wildman–Crippen MR) is 58.7 cm³/mol. The molecule has 1 nitrogen and oxygen atoms in total. The zero-order chi connectivity index (χ0) is 10.8. The second-order valence-electron chi connectivity index (χ2n) is 3.48. The van der Waals surface area contributed by atoms with Crippen LogP contribution < -0.4 is 0 Å². The normalized spacial score (nSPS) is 10.5. The zero-order valence-electron chi connectivity index (χ0n) is 8.46. The summed E-state index contributed by atoms with van der Waals surface area (Å²) < 4.78 is 13.1. The van der Waals surface area contributed by atoms with Gasteiger partial charge in [0, 0.05) is 5.56 Å². The van der Waals surface area contributed by atoms with E-state index >= 15 is 0 Å². The number of halogens is 1. The fourth-order valence-electron chi connectivity index (χ4n) is 1.81. The molecule has 0 spiro atoms. The highest BCUT2D eigenvalue weighted by atomic mass is 19.1. The van der Waals surface area contributed by atoms with E-state index in [1.165, 1.54) is 12.1 Å². The van der Waals surface area contributed by atoms with Gasteiger partial charge in [0.1, 0.15) is 5.82 Å². The number of aldehydes is 1. The van der Waals surface area contributed by atoms with Gasteiger partial charge in [-0.25, -0.2) is 4.39 Å². The zero-order valence-corrected chi connectivity index (χ0v) is 8.46. The molecule has 0 heterocycles. The van der Waals surface area contributed by atoms with Crippen LogP contribution in [0.5, 0.6) is 0 Å². The van der Waals surface area contributed by atoms with Crippen molar-refractivity contribution in [3.8, 4) is 0 Å². The van der Waals surface area contributed by atoms with E-state index in [9.17, 15) is 9.18 Å². The molecule has 2 aromatic carbocycles. The van der Waals surface area contributed by atoms with E-state index in [1.54, 1.807) is 6.07 Å². The summed E-state index contributed by atoms with van der Waals surface area (Å²) in [5, 5.41) is 1.60. The fourth-order valence-corrected chi connectivity index (χ4v) is 1.81. The summed E-state index contributed by atoms with van der Waals surface area (Å²) in [6, 6.07) is 8.35. The highest BCUT2D eigenvalue weighted by Gasteiger charge is 2.06. The monoisotopic (exact) mass is 202 g/mol. The quantitative estimate of drug-likeness (QED) is 0.682. The Morgan fingerprint density at radius 2 is 2.00 bits per heavy atom. The summed E-state index contributed by atoms with van der Waals surface area (Å²) in [5.41, 5.74) is 1.57. The van der Waals surface area contributed by atoms with E-state index in [-0.39, 0.29) is 5.82 Å². The van der Waals surface area contributed by atoms with E-state index in [2.05, 4.69) is 0 Å². The third kappa shape index (κ3) is 1.63. The molecule has 15 heavy (non-hydrogen) atoms. The van der Waals surface area contributed by atoms with Gasteiger partial charge in [0.25, 0.3) is 0 Å². The third-order valence-electron chi connectivity index (χ3n) is 2.61. The lowest BCUT2D eigenvalue weighted by Crippen LogP contribution is -1.92. The number of fused-ring (bicyclic) bond motifs is 1. The van der Waals surface area contributed by atoms with Gasteiger partial charge in [0.2, 0.25) is 0 Å².